The quantitative estimate of drug-likeness (QED) is 0.108. The lowest BCUT2D eigenvalue weighted by atomic mass is 10.2. The summed E-state index contributed by atoms with van der Waals surface area (Å²) in [7, 11) is 0. The van der Waals surface area contributed by atoms with Gasteiger partial charge in [-0.05, 0) is 18.2 Å². The van der Waals surface area contributed by atoms with E-state index in [-0.39, 0.29) is 19.5 Å². The molecule has 124 valence electrons. The number of nitrogens with one attached hydrogen (secondary N) is 4. The average Bonchev–Trinajstić information content (AvgIpc) is 2.54. The van der Waals surface area contributed by atoms with Crippen LogP contribution in [0.25, 0.3) is 0 Å². The highest BCUT2D eigenvalue weighted by Crippen LogP contribution is 2.13. The Labute approximate surface area is 132 Å². The Morgan fingerprint density at radius 2 is 2.09 bits per heavy atom. The lowest BCUT2D eigenvalue weighted by Crippen LogP contribution is -2.44. The van der Waals surface area contributed by atoms with Gasteiger partial charge in [-0.3, -0.25) is 19.8 Å². The van der Waals surface area contributed by atoms with E-state index in [0.717, 1.165) is 0 Å². The number of hydrogen-bond donors (Lipinski definition) is 6. The number of carboxylic acid groups (broad SMARTS) is 1. The van der Waals surface area contributed by atoms with Crippen LogP contribution in [0.2, 0.25) is 0 Å². The average molecular weight is 322 g/mol. The molecule has 0 heterocycles. The number of hydrazine groups is 2. The molecule has 10 nitrogen and oxygen atoms in total. The highest BCUT2D eigenvalue weighted by atomic mass is 16.4. The van der Waals surface area contributed by atoms with E-state index in [1.165, 1.54) is 12.4 Å². The van der Waals surface area contributed by atoms with Gasteiger partial charge in [0.15, 0.2) is 0 Å². The second-order valence-corrected chi connectivity index (χ2v) is 4.28. The van der Waals surface area contributed by atoms with Crippen molar-refractivity contribution in [1.29, 1.82) is 0 Å². The molecule has 0 fully saturated rings. The van der Waals surface area contributed by atoms with Crippen LogP contribution in [0.4, 0.5) is 5.69 Å². The molecule has 0 aliphatic carbocycles. The summed E-state index contributed by atoms with van der Waals surface area (Å²) in [6.07, 6.45) is 1.14. The molecule has 0 aliphatic rings. The molecule has 1 aromatic carbocycles. The Kier molecular flexibility index (Phi) is 7.75. The van der Waals surface area contributed by atoms with Gasteiger partial charge in [0.25, 0.3) is 11.8 Å². The first-order valence-electron chi connectivity index (χ1n) is 6.63. The number of nitrogens with two attached hydrogens (primary N) is 1. The Morgan fingerprint density at radius 3 is 2.78 bits per heavy atom. The Hall–Kier alpha value is -2.98. The molecule has 0 unspecified atom stereocenters. The monoisotopic (exact) mass is 322 g/mol. The van der Waals surface area contributed by atoms with Gasteiger partial charge in [-0.25, -0.2) is 16.3 Å². The van der Waals surface area contributed by atoms with Gasteiger partial charge in [-0.15, -0.1) is 0 Å². The zero-order valence-electron chi connectivity index (χ0n) is 12.2. The normalized spacial score (nSPS) is 10.3. The van der Waals surface area contributed by atoms with Gasteiger partial charge in [-0.2, -0.15) is 0 Å². The predicted octanol–water partition coefficient (Wildman–Crippen LogP) is -1.36. The summed E-state index contributed by atoms with van der Waals surface area (Å²) in [5, 5.41) is 10.9. The molecule has 0 aromatic heterocycles. The first-order chi connectivity index (χ1) is 11.0. The van der Waals surface area contributed by atoms with E-state index >= 15 is 0 Å². The van der Waals surface area contributed by atoms with E-state index < -0.39 is 17.8 Å². The number of nitrogens with zero attached hydrogens (tertiary/aromatic N) is 1. The number of rotatable bonds is 9. The minimum absolute atomic E-state index is 0.0875. The van der Waals surface area contributed by atoms with Gasteiger partial charge >= 0.3 is 5.97 Å². The molecule has 0 spiro atoms. The molecular weight excluding hydrogens is 304 g/mol. The first kappa shape index (κ1) is 18.1. The van der Waals surface area contributed by atoms with Crippen molar-refractivity contribution in [2.24, 2.45) is 10.8 Å². The highest BCUT2D eigenvalue weighted by molar-refractivity contribution is 5.97. The minimum Gasteiger partial charge on any atom is -0.481 e. The van der Waals surface area contributed by atoms with Crippen molar-refractivity contribution < 1.29 is 19.5 Å². The summed E-state index contributed by atoms with van der Waals surface area (Å²) < 4.78 is 0. The van der Waals surface area contributed by atoms with Gasteiger partial charge in [-0.1, -0.05) is 6.07 Å². The third-order valence-electron chi connectivity index (χ3n) is 2.50. The number of carboxylic acids is 1. The van der Waals surface area contributed by atoms with Crippen LogP contribution >= 0.6 is 0 Å². The van der Waals surface area contributed by atoms with Crippen LogP contribution in [0, 0.1) is 0 Å². The third-order valence-corrected chi connectivity index (χ3v) is 2.50. The number of carbonyl (C=O) groups excluding carboxylic acids is 2. The molecule has 2 amide bonds. The SMILES string of the molecule is NNC=Nc1cccc(C(=O)NCC(=O)NNCCC(=O)O)c1. The maximum absolute atomic E-state index is 11.9. The van der Waals surface area contributed by atoms with Crippen molar-refractivity contribution in [2.75, 3.05) is 13.1 Å². The van der Waals surface area contributed by atoms with Crippen LogP contribution in [0.3, 0.4) is 0 Å². The van der Waals surface area contributed by atoms with Gasteiger partial charge in [0.05, 0.1) is 18.7 Å². The number of aliphatic carboxylic acids is 1. The maximum atomic E-state index is 11.9. The van der Waals surface area contributed by atoms with Crippen LogP contribution in [0.1, 0.15) is 16.8 Å². The van der Waals surface area contributed by atoms with Crippen molar-refractivity contribution in [3.05, 3.63) is 29.8 Å². The van der Waals surface area contributed by atoms with Crippen LogP contribution in [-0.4, -0.2) is 42.3 Å². The summed E-state index contributed by atoms with van der Waals surface area (Å²) in [4.78, 5) is 37.6. The smallest absolute Gasteiger partial charge is 0.304 e. The molecule has 0 aliphatic heterocycles. The van der Waals surface area contributed by atoms with Crippen LogP contribution in [0.5, 0.6) is 0 Å². The van der Waals surface area contributed by atoms with Crippen molar-refractivity contribution in [1.82, 2.24) is 21.6 Å². The summed E-state index contributed by atoms with van der Waals surface area (Å²) in [5.41, 5.74) is 7.82. The summed E-state index contributed by atoms with van der Waals surface area (Å²) in [5.74, 6) is 3.14. The standard InChI is InChI=1S/C13H18N6O4/c14-17-8-16-10-3-1-2-9(6-10)13(23)15-7-11(20)19-18-5-4-12(21)22/h1-3,6,8,18H,4-5,7,14H2,(H,15,23)(H,16,17)(H,19,20)(H,21,22). The number of amides is 2. The van der Waals surface area contributed by atoms with Crippen molar-refractivity contribution in [3.63, 3.8) is 0 Å². The Bertz CT molecular complexity index is 590. The molecule has 10 heteroatoms. The fourth-order valence-electron chi connectivity index (χ4n) is 1.48. The molecule has 0 bridgehead atoms. The second-order valence-electron chi connectivity index (χ2n) is 4.28. The zero-order valence-corrected chi connectivity index (χ0v) is 12.2. The molecule has 1 rings (SSSR count). The van der Waals surface area contributed by atoms with E-state index in [0.29, 0.717) is 11.3 Å². The van der Waals surface area contributed by atoms with Crippen molar-refractivity contribution in [3.8, 4) is 0 Å². The summed E-state index contributed by atoms with van der Waals surface area (Å²) in [6.45, 7) is -0.166. The summed E-state index contributed by atoms with van der Waals surface area (Å²) in [6, 6.07) is 6.44. The molecule has 0 saturated carbocycles. The predicted molar refractivity (Wildman–Crippen MR) is 82.6 cm³/mol. The van der Waals surface area contributed by atoms with Crippen LogP contribution in [0.15, 0.2) is 29.3 Å². The van der Waals surface area contributed by atoms with Gasteiger partial charge in [0.2, 0.25) is 0 Å². The van der Waals surface area contributed by atoms with E-state index in [1.54, 1.807) is 18.2 Å². The first-order valence-corrected chi connectivity index (χ1v) is 6.63. The van der Waals surface area contributed by atoms with E-state index in [9.17, 15) is 14.4 Å². The Morgan fingerprint density at radius 1 is 1.30 bits per heavy atom. The topological polar surface area (TPSA) is 158 Å². The van der Waals surface area contributed by atoms with Gasteiger partial charge < -0.3 is 15.8 Å². The van der Waals surface area contributed by atoms with Crippen LogP contribution in [-0.2, 0) is 9.59 Å². The van der Waals surface area contributed by atoms with Gasteiger partial charge in [0.1, 0.15) is 6.34 Å². The molecule has 0 saturated heterocycles. The largest absolute Gasteiger partial charge is 0.481 e. The fraction of sp³-hybridized carbons (Fsp3) is 0.231. The lowest BCUT2D eigenvalue weighted by Gasteiger charge is -2.08. The van der Waals surface area contributed by atoms with Crippen molar-refractivity contribution >= 4 is 29.8 Å². The van der Waals surface area contributed by atoms with Gasteiger partial charge in [0, 0.05) is 12.1 Å². The second kappa shape index (κ2) is 9.87. The molecule has 23 heavy (non-hydrogen) atoms. The molecule has 7 N–H and O–H groups in total. The molecule has 1 aromatic rings. The Balaban J connectivity index is 2.39. The number of aliphatic imine (C=N–C) groups is 1. The van der Waals surface area contributed by atoms with Crippen LogP contribution < -0.4 is 27.4 Å². The number of benzene rings is 1. The van der Waals surface area contributed by atoms with E-state index in [4.69, 9.17) is 10.9 Å². The number of hydrogen-bond acceptors (Lipinski definition) is 6. The fourth-order valence-corrected chi connectivity index (χ4v) is 1.48. The number of carbonyl (C=O) groups is 3. The molecule has 0 atom stereocenters. The minimum atomic E-state index is -0.979. The summed E-state index contributed by atoms with van der Waals surface area (Å²) >= 11 is 0. The lowest BCUT2D eigenvalue weighted by molar-refractivity contribution is -0.137. The van der Waals surface area contributed by atoms with E-state index in [2.05, 4.69) is 26.6 Å². The highest BCUT2D eigenvalue weighted by Gasteiger charge is 2.08. The van der Waals surface area contributed by atoms with Crippen molar-refractivity contribution in [2.45, 2.75) is 6.42 Å². The molecular formula is C13H18N6O4. The third kappa shape index (κ3) is 7.55. The molecule has 0 radical (unpaired) electrons. The zero-order chi connectivity index (χ0) is 17.1. The maximum Gasteiger partial charge on any atom is 0.304 e. The van der Waals surface area contributed by atoms with E-state index in [1.807, 2.05) is 0 Å².